The van der Waals surface area contributed by atoms with Crippen molar-refractivity contribution < 1.29 is 17.6 Å². The van der Waals surface area contributed by atoms with Crippen LogP contribution >= 0.6 is 0 Å². The molecule has 0 bridgehead atoms. The van der Waals surface area contributed by atoms with Gasteiger partial charge in [-0.15, -0.1) is 0 Å². The first-order valence-corrected chi connectivity index (χ1v) is 7.98. The summed E-state index contributed by atoms with van der Waals surface area (Å²) in [6.07, 6.45) is 2.89. The number of carbonyl (C=O) groups is 1. The molecule has 1 heterocycles. The molecule has 1 fully saturated rings. The second-order valence-corrected chi connectivity index (χ2v) is 6.56. The number of amides is 1. The Balaban J connectivity index is 2.36. The van der Waals surface area contributed by atoms with Crippen molar-refractivity contribution >= 4 is 15.9 Å². The van der Waals surface area contributed by atoms with Gasteiger partial charge in [-0.05, 0) is 44.4 Å². The Hall–Kier alpha value is -1.47. The van der Waals surface area contributed by atoms with Gasteiger partial charge in [0, 0.05) is 18.2 Å². The molecule has 110 valence electrons. The number of nitrogens with two attached hydrogens (primary N) is 1. The summed E-state index contributed by atoms with van der Waals surface area (Å²) in [6, 6.07) is 3.35. The molecule has 0 aromatic heterocycles. The number of hydrogen-bond donors (Lipinski definition) is 1. The summed E-state index contributed by atoms with van der Waals surface area (Å²) in [5.74, 6) is -1.24. The molecule has 0 radical (unpaired) electrons. The fourth-order valence-corrected chi connectivity index (χ4v) is 3.05. The van der Waals surface area contributed by atoms with E-state index < -0.39 is 20.7 Å². The highest BCUT2D eigenvalue weighted by Gasteiger charge is 2.25. The second-order valence-electron chi connectivity index (χ2n) is 5.03. The van der Waals surface area contributed by atoms with E-state index in [9.17, 15) is 17.6 Å². The van der Waals surface area contributed by atoms with E-state index in [1.807, 2.05) is 6.92 Å². The van der Waals surface area contributed by atoms with Gasteiger partial charge in [0.2, 0.25) is 10.0 Å². The summed E-state index contributed by atoms with van der Waals surface area (Å²) in [6.45, 7) is 2.57. The van der Waals surface area contributed by atoms with E-state index in [4.69, 9.17) is 5.14 Å². The molecule has 1 amide bonds. The molecular formula is C13H17FN2O3S. The van der Waals surface area contributed by atoms with Crippen LogP contribution in [0.15, 0.2) is 23.1 Å². The third-order valence-corrected chi connectivity index (χ3v) is 4.47. The summed E-state index contributed by atoms with van der Waals surface area (Å²) < 4.78 is 36.0. The van der Waals surface area contributed by atoms with Crippen molar-refractivity contribution in [3.63, 3.8) is 0 Å². The van der Waals surface area contributed by atoms with Crippen LogP contribution < -0.4 is 5.14 Å². The Morgan fingerprint density at radius 2 is 2.10 bits per heavy atom. The van der Waals surface area contributed by atoms with Crippen molar-refractivity contribution in [2.45, 2.75) is 37.1 Å². The van der Waals surface area contributed by atoms with Gasteiger partial charge >= 0.3 is 0 Å². The lowest BCUT2D eigenvalue weighted by Crippen LogP contribution is -2.42. The molecule has 1 aromatic rings. The lowest BCUT2D eigenvalue weighted by Gasteiger charge is -2.33. The van der Waals surface area contributed by atoms with Crippen LogP contribution in [-0.4, -0.2) is 31.8 Å². The van der Waals surface area contributed by atoms with E-state index in [0.717, 1.165) is 31.4 Å². The molecule has 20 heavy (non-hydrogen) atoms. The van der Waals surface area contributed by atoms with E-state index in [1.165, 1.54) is 6.07 Å². The molecule has 1 aromatic carbocycles. The van der Waals surface area contributed by atoms with Crippen LogP contribution in [0.5, 0.6) is 0 Å². The first-order chi connectivity index (χ1) is 9.30. The van der Waals surface area contributed by atoms with E-state index in [0.29, 0.717) is 6.54 Å². The molecule has 1 atom stereocenters. The molecule has 1 aliphatic rings. The van der Waals surface area contributed by atoms with Gasteiger partial charge in [-0.2, -0.15) is 0 Å². The van der Waals surface area contributed by atoms with Crippen molar-refractivity contribution in [3.8, 4) is 0 Å². The van der Waals surface area contributed by atoms with Gasteiger partial charge in [-0.1, -0.05) is 0 Å². The molecule has 1 aliphatic heterocycles. The number of piperidine rings is 1. The van der Waals surface area contributed by atoms with Crippen LogP contribution in [0.2, 0.25) is 0 Å². The van der Waals surface area contributed by atoms with Crippen LogP contribution in [0.1, 0.15) is 36.5 Å². The molecule has 0 saturated carbocycles. The summed E-state index contributed by atoms with van der Waals surface area (Å²) in [4.78, 5) is 13.4. The maximum absolute atomic E-state index is 13.5. The largest absolute Gasteiger partial charge is 0.336 e. The number of carbonyl (C=O) groups excluding carboxylic acids is 1. The molecule has 1 saturated heterocycles. The van der Waals surface area contributed by atoms with Gasteiger partial charge in [0.05, 0.1) is 0 Å². The number of rotatable bonds is 2. The minimum absolute atomic E-state index is 0.0965. The summed E-state index contributed by atoms with van der Waals surface area (Å²) in [5.41, 5.74) is 0.143. The van der Waals surface area contributed by atoms with Crippen molar-refractivity contribution in [2.75, 3.05) is 6.54 Å². The van der Waals surface area contributed by atoms with Gasteiger partial charge < -0.3 is 4.90 Å². The zero-order chi connectivity index (χ0) is 14.9. The van der Waals surface area contributed by atoms with E-state index in [1.54, 1.807) is 4.90 Å². The zero-order valence-electron chi connectivity index (χ0n) is 11.2. The van der Waals surface area contributed by atoms with Crippen molar-refractivity contribution in [3.05, 3.63) is 29.6 Å². The fourth-order valence-electron chi connectivity index (χ4n) is 2.42. The summed E-state index contributed by atoms with van der Waals surface area (Å²) in [7, 11) is -4.18. The lowest BCUT2D eigenvalue weighted by molar-refractivity contribution is 0.0635. The van der Waals surface area contributed by atoms with E-state index in [2.05, 4.69) is 0 Å². The molecule has 2 N–H and O–H groups in total. The number of benzene rings is 1. The Morgan fingerprint density at radius 3 is 2.70 bits per heavy atom. The number of halogens is 1. The van der Waals surface area contributed by atoms with Gasteiger partial charge in [0.25, 0.3) is 5.91 Å². The van der Waals surface area contributed by atoms with E-state index >= 15 is 0 Å². The highest BCUT2D eigenvalue weighted by Crippen LogP contribution is 2.21. The predicted octanol–water partition coefficient (Wildman–Crippen LogP) is 1.49. The lowest BCUT2D eigenvalue weighted by atomic mass is 10.0. The van der Waals surface area contributed by atoms with Crippen molar-refractivity contribution in [1.29, 1.82) is 0 Å². The summed E-state index contributed by atoms with van der Waals surface area (Å²) in [5, 5.41) is 4.94. The van der Waals surface area contributed by atoms with Crippen molar-refractivity contribution in [1.82, 2.24) is 4.90 Å². The predicted molar refractivity (Wildman–Crippen MR) is 72.1 cm³/mol. The Morgan fingerprint density at radius 1 is 1.40 bits per heavy atom. The average Bonchev–Trinajstić information content (AvgIpc) is 2.37. The molecule has 5 nitrogen and oxygen atoms in total. The van der Waals surface area contributed by atoms with Gasteiger partial charge in [0.1, 0.15) is 10.7 Å². The SMILES string of the molecule is CC1CCCCN1C(=O)c1ccc(F)c(S(N)(=O)=O)c1. The molecule has 7 heteroatoms. The first kappa shape index (κ1) is 14.9. The second kappa shape index (κ2) is 5.49. The van der Waals surface area contributed by atoms with Gasteiger partial charge in [0.15, 0.2) is 0 Å². The third-order valence-electron chi connectivity index (χ3n) is 3.55. The van der Waals surface area contributed by atoms with E-state index in [-0.39, 0.29) is 17.5 Å². The normalized spacial score (nSPS) is 19.9. The number of likely N-dealkylation sites (tertiary alicyclic amines) is 1. The van der Waals surface area contributed by atoms with Gasteiger partial charge in [-0.3, -0.25) is 4.79 Å². The first-order valence-electron chi connectivity index (χ1n) is 6.44. The Bertz CT molecular complexity index is 631. The molecule has 1 unspecified atom stereocenters. The van der Waals surface area contributed by atoms with Gasteiger partial charge in [-0.25, -0.2) is 17.9 Å². The molecular weight excluding hydrogens is 283 g/mol. The fraction of sp³-hybridized carbons (Fsp3) is 0.462. The maximum Gasteiger partial charge on any atom is 0.254 e. The minimum atomic E-state index is -4.18. The smallest absolute Gasteiger partial charge is 0.254 e. The molecule has 0 aliphatic carbocycles. The highest BCUT2D eigenvalue weighted by molar-refractivity contribution is 7.89. The monoisotopic (exact) mass is 300 g/mol. The van der Waals surface area contributed by atoms with Crippen LogP contribution in [0.4, 0.5) is 4.39 Å². The Kier molecular flexibility index (Phi) is 4.10. The summed E-state index contributed by atoms with van der Waals surface area (Å²) >= 11 is 0. The van der Waals surface area contributed by atoms with Crippen LogP contribution in [0.3, 0.4) is 0 Å². The maximum atomic E-state index is 13.5. The quantitative estimate of drug-likeness (QED) is 0.898. The number of hydrogen-bond acceptors (Lipinski definition) is 3. The van der Waals surface area contributed by atoms with Crippen LogP contribution in [0.25, 0.3) is 0 Å². The molecule has 0 spiro atoms. The number of sulfonamides is 1. The number of nitrogens with zero attached hydrogens (tertiary/aromatic N) is 1. The zero-order valence-corrected chi connectivity index (χ0v) is 12.0. The minimum Gasteiger partial charge on any atom is -0.336 e. The molecule has 2 rings (SSSR count). The number of primary sulfonamides is 1. The standard InChI is InChI=1S/C13H17FN2O3S/c1-9-4-2-3-7-16(9)13(17)10-5-6-11(14)12(8-10)20(15,18)19/h5-6,8-9H,2-4,7H2,1H3,(H2,15,18,19). The van der Waals surface area contributed by atoms with Crippen molar-refractivity contribution in [2.24, 2.45) is 5.14 Å². The van der Waals surface area contributed by atoms with Crippen LogP contribution in [-0.2, 0) is 10.0 Å². The average molecular weight is 300 g/mol. The highest BCUT2D eigenvalue weighted by atomic mass is 32.2. The third kappa shape index (κ3) is 2.99. The Labute approximate surface area is 117 Å². The topological polar surface area (TPSA) is 80.5 Å². The van der Waals surface area contributed by atoms with Crippen LogP contribution in [0, 0.1) is 5.82 Å².